The van der Waals surface area contributed by atoms with E-state index in [2.05, 4.69) is 14.7 Å². The molecule has 190 valence electrons. The van der Waals surface area contributed by atoms with Crippen molar-refractivity contribution in [2.24, 2.45) is 5.73 Å². The van der Waals surface area contributed by atoms with Crippen molar-refractivity contribution >= 4 is 55.5 Å². The number of hydrogen-bond acceptors (Lipinski definition) is 6. The van der Waals surface area contributed by atoms with Crippen molar-refractivity contribution in [1.82, 2.24) is 13.7 Å². The van der Waals surface area contributed by atoms with Crippen LogP contribution < -0.4 is 11.1 Å². The lowest BCUT2D eigenvalue weighted by atomic mass is 9.94. The molecule has 0 atom stereocenters. The molecule has 4 aromatic rings. The molecule has 2 aromatic heterocycles. The minimum atomic E-state index is -3.26. The summed E-state index contributed by atoms with van der Waals surface area (Å²) in [5, 5.41) is 5.46. The van der Waals surface area contributed by atoms with Gasteiger partial charge in [0.05, 0.1) is 29.1 Å². The van der Waals surface area contributed by atoms with Gasteiger partial charge in [0, 0.05) is 35.2 Å². The number of fused-ring (bicyclic) bond motifs is 1. The number of nitrogens with one attached hydrogen (secondary N) is 2. The molecule has 0 radical (unpaired) electrons. The molecule has 4 N–H and O–H groups in total. The van der Waals surface area contributed by atoms with E-state index in [1.54, 1.807) is 11.4 Å². The van der Waals surface area contributed by atoms with E-state index in [-0.39, 0.29) is 5.91 Å². The summed E-state index contributed by atoms with van der Waals surface area (Å²) in [6, 6.07) is 11.2. The van der Waals surface area contributed by atoms with Crippen LogP contribution in [0.5, 0.6) is 0 Å². The molecule has 0 unspecified atom stereocenters. The lowest BCUT2D eigenvalue weighted by molar-refractivity contribution is 0.0999. The summed E-state index contributed by atoms with van der Waals surface area (Å²) >= 11 is 1.21. The summed E-state index contributed by atoms with van der Waals surface area (Å²) in [6.07, 6.45) is 5.16. The number of H-pyrrole nitrogens is 1. The molecule has 3 heterocycles. The Morgan fingerprint density at radius 3 is 2.65 bits per heavy atom. The van der Waals surface area contributed by atoms with Gasteiger partial charge in [-0.15, -0.1) is 0 Å². The van der Waals surface area contributed by atoms with Gasteiger partial charge in [-0.1, -0.05) is 24.3 Å². The number of aromatic nitrogens is 2. The Balaban J connectivity index is 1.57. The molecular formula is C26H25N5O4S2. The standard InChI is InChI=1S/C26H25N5O4S2/c1-15-18(4-3-5-22(15)30-26(33)17-13-28-36-14-17)19-6-7-20(25(27)32)24-21(19)12-23(29-24)16-8-10-31(11-9-16)37(2,34)35/h3-8,12-14,29H,9-11H2,1-2H3,(H2,27,32)(H,30,33). The molecule has 5 rings (SSSR count). The van der Waals surface area contributed by atoms with E-state index < -0.39 is 15.9 Å². The molecular weight excluding hydrogens is 510 g/mol. The van der Waals surface area contributed by atoms with Gasteiger partial charge in [0.1, 0.15) is 0 Å². The van der Waals surface area contributed by atoms with E-state index in [0.717, 1.165) is 33.3 Å². The fourth-order valence-corrected chi connectivity index (χ4v) is 5.89. The van der Waals surface area contributed by atoms with Crippen LogP contribution in [-0.4, -0.2) is 53.2 Å². The first-order chi connectivity index (χ1) is 17.6. The van der Waals surface area contributed by atoms with Crippen LogP contribution in [0.25, 0.3) is 27.6 Å². The zero-order valence-corrected chi connectivity index (χ0v) is 21.9. The zero-order valence-electron chi connectivity index (χ0n) is 20.2. The summed E-state index contributed by atoms with van der Waals surface area (Å²) in [5.74, 6) is -0.785. The minimum absolute atomic E-state index is 0.237. The molecule has 0 fully saturated rings. The normalized spacial score (nSPS) is 14.5. The Morgan fingerprint density at radius 1 is 1.19 bits per heavy atom. The first-order valence-corrected chi connectivity index (χ1v) is 14.2. The first-order valence-electron chi connectivity index (χ1n) is 11.5. The van der Waals surface area contributed by atoms with E-state index in [9.17, 15) is 18.0 Å². The average molecular weight is 536 g/mol. The van der Waals surface area contributed by atoms with Crippen molar-refractivity contribution in [3.8, 4) is 11.1 Å². The summed E-state index contributed by atoms with van der Waals surface area (Å²) < 4.78 is 29.2. The summed E-state index contributed by atoms with van der Waals surface area (Å²) in [6.45, 7) is 2.61. The average Bonchev–Trinajstić information content (AvgIpc) is 3.55. The second-order valence-electron chi connectivity index (χ2n) is 8.94. The first kappa shape index (κ1) is 24.9. The Hall–Kier alpha value is -3.80. The second-order valence-corrected chi connectivity index (χ2v) is 11.6. The Kier molecular flexibility index (Phi) is 6.44. The molecule has 0 saturated carbocycles. The third-order valence-electron chi connectivity index (χ3n) is 6.61. The van der Waals surface area contributed by atoms with Crippen molar-refractivity contribution in [2.75, 3.05) is 24.7 Å². The number of anilines is 1. The molecule has 11 heteroatoms. The second kappa shape index (κ2) is 9.58. The van der Waals surface area contributed by atoms with Gasteiger partial charge in [-0.25, -0.2) is 12.8 Å². The molecule has 37 heavy (non-hydrogen) atoms. The summed E-state index contributed by atoms with van der Waals surface area (Å²) in [5.41, 5.74) is 12.3. The van der Waals surface area contributed by atoms with Gasteiger partial charge in [0.25, 0.3) is 11.8 Å². The molecule has 2 amide bonds. The topological polar surface area (TPSA) is 138 Å². The smallest absolute Gasteiger partial charge is 0.258 e. The highest BCUT2D eigenvalue weighted by molar-refractivity contribution is 7.88. The Morgan fingerprint density at radius 2 is 2.00 bits per heavy atom. The number of sulfonamides is 1. The zero-order chi connectivity index (χ0) is 26.3. The van der Waals surface area contributed by atoms with Crippen molar-refractivity contribution < 1.29 is 18.0 Å². The number of primary amides is 1. The highest BCUT2D eigenvalue weighted by Crippen LogP contribution is 2.37. The molecule has 0 spiro atoms. The molecule has 1 aliphatic heterocycles. The van der Waals surface area contributed by atoms with Crippen LogP contribution in [0.2, 0.25) is 0 Å². The number of nitrogens with two attached hydrogens (primary N) is 1. The van der Waals surface area contributed by atoms with Crippen LogP contribution in [0.1, 0.15) is 38.4 Å². The molecule has 2 aromatic carbocycles. The number of carbonyl (C=O) groups is 2. The predicted molar refractivity (Wildman–Crippen MR) is 146 cm³/mol. The lowest BCUT2D eigenvalue weighted by Crippen LogP contribution is -2.33. The maximum Gasteiger partial charge on any atom is 0.258 e. The number of nitrogens with zero attached hydrogens (tertiary/aromatic N) is 2. The number of carbonyl (C=O) groups excluding carboxylic acids is 2. The van der Waals surface area contributed by atoms with E-state index >= 15 is 0 Å². The van der Waals surface area contributed by atoms with Gasteiger partial charge < -0.3 is 16.0 Å². The van der Waals surface area contributed by atoms with Crippen LogP contribution in [-0.2, 0) is 10.0 Å². The van der Waals surface area contributed by atoms with E-state index in [4.69, 9.17) is 5.73 Å². The van der Waals surface area contributed by atoms with Crippen molar-refractivity contribution in [1.29, 1.82) is 0 Å². The maximum absolute atomic E-state index is 12.6. The van der Waals surface area contributed by atoms with Gasteiger partial charge in [0.2, 0.25) is 10.0 Å². The van der Waals surface area contributed by atoms with Crippen molar-refractivity contribution in [2.45, 2.75) is 13.3 Å². The van der Waals surface area contributed by atoms with Crippen LogP contribution in [0.4, 0.5) is 5.69 Å². The number of amides is 2. The van der Waals surface area contributed by atoms with Crippen LogP contribution in [0.3, 0.4) is 0 Å². The van der Waals surface area contributed by atoms with Crippen LogP contribution in [0, 0.1) is 6.92 Å². The quantitative estimate of drug-likeness (QED) is 0.343. The molecule has 0 bridgehead atoms. The molecule has 1 aliphatic rings. The third-order valence-corrected chi connectivity index (χ3v) is 8.47. The monoisotopic (exact) mass is 535 g/mol. The third kappa shape index (κ3) is 4.80. The maximum atomic E-state index is 12.6. The summed E-state index contributed by atoms with van der Waals surface area (Å²) in [7, 11) is -3.26. The highest BCUT2D eigenvalue weighted by Gasteiger charge is 2.23. The number of benzene rings is 2. The lowest BCUT2D eigenvalue weighted by Gasteiger charge is -2.23. The van der Waals surface area contributed by atoms with Gasteiger partial charge in [0.15, 0.2) is 0 Å². The molecule has 0 aliphatic carbocycles. The largest absolute Gasteiger partial charge is 0.366 e. The Bertz CT molecular complexity index is 1670. The number of aromatic amines is 1. The predicted octanol–water partition coefficient (Wildman–Crippen LogP) is 4.00. The highest BCUT2D eigenvalue weighted by atomic mass is 32.2. The van der Waals surface area contributed by atoms with Gasteiger partial charge in [-0.05, 0) is 65.3 Å². The number of rotatable bonds is 6. The van der Waals surface area contributed by atoms with E-state index in [0.29, 0.717) is 41.8 Å². The van der Waals surface area contributed by atoms with Crippen molar-refractivity contribution in [3.63, 3.8) is 0 Å². The van der Waals surface area contributed by atoms with Crippen molar-refractivity contribution in [3.05, 3.63) is 76.4 Å². The Labute approximate surface area is 218 Å². The molecule has 0 saturated heterocycles. The van der Waals surface area contributed by atoms with Crippen LogP contribution >= 0.6 is 11.5 Å². The number of hydrogen-bond donors (Lipinski definition) is 3. The van der Waals surface area contributed by atoms with E-state index in [1.807, 2.05) is 43.3 Å². The van der Waals surface area contributed by atoms with Gasteiger partial charge in [-0.3, -0.25) is 9.59 Å². The fourth-order valence-electron chi connectivity index (χ4n) is 4.60. The SMILES string of the molecule is Cc1c(NC(=O)c2cnsc2)cccc1-c1ccc(C(N)=O)c2[nH]c(C3=CCN(S(C)(=O)=O)CC3)cc12. The van der Waals surface area contributed by atoms with Gasteiger partial charge >= 0.3 is 0 Å². The van der Waals surface area contributed by atoms with Gasteiger partial charge in [-0.2, -0.15) is 4.31 Å². The fraction of sp³-hybridized carbons (Fsp3) is 0.192. The van der Waals surface area contributed by atoms with E-state index in [1.165, 1.54) is 28.3 Å². The van der Waals surface area contributed by atoms with Crippen LogP contribution in [0.15, 0.2) is 54.1 Å². The minimum Gasteiger partial charge on any atom is -0.366 e. The summed E-state index contributed by atoms with van der Waals surface area (Å²) in [4.78, 5) is 28.2. The molecule has 9 nitrogen and oxygen atoms in total.